The summed E-state index contributed by atoms with van der Waals surface area (Å²) in [5.41, 5.74) is 8.82. The molecule has 0 saturated heterocycles. The Balaban J connectivity index is 2.35. The number of nitrogens with two attached hydrogens (primary N) is 1. The Morgan fingerprint density at radius 3 is 2.87 bits per heavy atom. The second-order valence-corrected chi connectivity index (χ2v) is 4.47. The molecule has 0 fully saturated rings. The molecule has 0 aliphatic carbocycles. The van der Waals surface area contributed by atoms with Gasteiger partial charge in [0.25, 0.3) is 0 Å². The molecule has 1 atom stereocenters. The molecule has 15 heavy (non-hydrogen) atoms. The molecular formula is C13H20N2. The molecule has 2 rings (SSSR count). The number of rotatable bonds is 4. The third-order valence-electron chi connectivity index (χ3n) is 3.47. The van der Waals surface area contributed by atoms with E-state index in [1.165, 1.54) is 24.1 Å². The Hall–Kier alpha value is -1.02. The summed E-state index contributed by atoms with van der Waals surface area (Å²) in [7, 11) is 0. The van der Waals surface area contributed by atoms with E-state index in [-0.39, 0.29) is 0 Å². The lowest BCUT2D eigenvalue weighted by Gasteiger charge is -2.28. The lowest BCUT2D eigenvalue weighted by atomic mass is 9.76. The standard InChI is InChI=1S/C13H20N2/c1-2-7-13(8-9-14)10-15-12-6-4-3-5-11(12)13/h3-6,15H,2,7-10,14H2,1H3. The van der Waals surface area contributed by atoms with Gasteiger partial charge in [-0.25, -0.2) is 0 Å². The van der Waals surface area contributed by atoms with Crippen molar-refractivity contribution in [2.24, 2.45) is 5.73 Å². The summed E-state index contributed by atoms with van der Waals surface area (Å²) in [5, 5.41) is 3.51. The van der Waals surface area contributed by atoms with Crippen LogP contribution < -0.4 is 11.1 Å². The van der Waals surface area contributed by atoms with E-state index in [1.807, 2.05) is 0 Å². The Labute approximate surface area is 91.9 Å². The van der Waals surface area contributed by atoms with Crippen LogP contribution in [0.25, 0.3) is 0 Å². The van der Waals surface area contributed by atoms with Gasteiger partial charge in [0.05, 0.1) is 0 Å². The fourth-order valence-electron chi connectivity index (χ4n) is 2.79. The Morgan fingerprint density at radius 2 is 2.13 bits per heavy atom. The van der Waals surface area contributed by atoms with Crippen molar-refractivity contribution in [1.29, 1.82) is 0 Å². The van der Waals surface area contributed by atoms with E-state index < -0.39 is 0 Å². The van der Waals surface area contributed by atoms with Crippen LogP contribution in [-0.4, -0.2) is 13.1 Å². The summed E-state index contributed by atoms with van der Waals surface area (Å²) in [6, 6.07) is 8.65. The average molecular weight is 204 g/mol. The van der Waals surface area contributed by atoms with Gasteiger partial charge in [-0.3, -0.25) is 0 Å². The van der Waals surface area contributed by atoms with Crippen LogP contribution in [-0.2, 0) is 5.41 Å². The molecule has 0 spiro atoms. The normalized spacial score (nSPS) is 23.6. The third-order valence-corrected chi connectivity index (χ3v) is 3.47. The highest BCUT2D eigenvalue weighted by atomic mass is 14.9. The smallest absolute Gasteiger partial charge is 0.0379 e. The van der Waals surface area contributed by atoms with Crippen molar-refractivity contribution >= 4 is 5.69 Å². The minimum absolute atomic E-state index is 0.292. The van der Waals surface area contributed by atoms with E-state index in [4.69, 9.17) is 5.73 Å². The molecule has 0 radical (unpaired) electrons. The molecular weight excluding hydrogens is 184 g/mol. The molecule has 1 aromatic carbocycles. The van der Waals surface area contributed by atoms with Gasteiger partial charge < -0.3 is 11.1 Å². The molecule has 1 unspecified atom stereocenters. The van der Waals surface area contributed by atoms with E-state index in [1.54, 1.807) is 0 Å². The van der Waals surface area contributed by atoms with Crippen LogP contribution >= 0.6 is 0 Å². The fourth-order valence-corrected chi connectivity index (χ4v) is 2.79. The van der Waals surface area contributed by atoms with E-state index in [0.29, 0.717) is 5.41 Å². The van der Waals surface area contributed by atoms with Crippen molar-refractivity contribution in [3.63, 3.8) is 0 Å². The second-order valence-electron chi connectivity index (χ2n) is 4.47. The Bertz CT molecular complexity index is 322. The topological polar surface area (TPSA) is 38.0 Å². The van der Waals surface area contributed by atoms with Gasteiger partial charge in [0, 0.05) is 17.6 Å². The largest absolute Gasteiger partial charge is 0.384 e. The van der Waals surface area contributed by atoms with E-state index >= 15 is 0 Å². The quantitative estimate of drug-likeness (QED) is 0.790. The van der Waals surface area contributed by atoms with Crippen molar-refractivity contribution < 1.29 is 0 Å². The maximum absolute atomic E-state index is 5.75. The van der Waals surface area contributed by atoms with Gasteiger partial charge in [0.2, 0.25) is 0 Å². The van der Waals surface area contributed by atoms with Crippen LogP contribution in [0.2, 0.25) is 0 Å². The molecule has 1 aromatic rings. The first-order chi connectivity index (χ1) is 7.32. The van der Waals surface area contributed by atoms with Crippen LogP contribution in [0, 0.1) is 0 Å². The minimum atomic E-state index is 0.292. The number of benzene rings is 1. The van der Waals surface area contributed by atoms with Crippen LogP contribution in [0.3, 0.4) is 0 Å². The third kappa shape index (κ3) is 1.74. The van der Waals surface area contributed by atoms with Crippen molar-refractivity contribution in [1.82, 2.24) is 0 Å². The van der Waals surface area contributed by atoms with Gasteiger partial charge in [0.15, 0.2) is 0 Å². The first-order valence-electron chi connectivity index (χ1n) is 5.86. The van der Waals surface area contributed by atoms with Crippen LogP contribution in [0.5, 0.6) is 0 Å². The zero-order valence-electron chi connectivity index (χ0n) is 9.42. The van der Waals surface area contributed by atoms with E-state index in [2.05, 4.69) is 36.5 Å². The first kappa shape index (κ1) is 10.5. The summed E-state index contributed by atoms with van der Waals surface area (Å²) in [6.07, 6.45) is 3.54. The van der Waals surface area contributed by atoms with Crippen LogP contribution in [0.1, 0.15) is 31.7 Å². The molecule has 2 nitrogen and oxygen atoms in total. The summed E-state index contributed by atoms with van der Waals surface area (Å²) in [4.78, 5) is 0. The van der Waals surface area contributed by atoms with Crippen molar-refractivity contribution in [2.75, 3.05) is 18.4 Å². The van der Waals surface area contributed by atoms with Crippen molar-refractivity contribution in [3.8, 4) is 0 Å². The molecule has 0 amide bonds. The maximum Gasteiger partial charge on any atom is 0.0379 e. The summed E-state index contributed by atoms with van der Waals surface area (Å²) < 4.78 is 0. The van der Waals surface area contributed by atoms with Gasteiger partial charge >= 0.3 is 0 Å². The highest BCUT2D eigenvalue weighted by Gasteiger charge is 2.36. The van der Waals surface area contributed by atoms with Gasteiger partial charge in [-0.15, -0.1) is 0 Å². The molecule has 0 bridgehead atoms. The van der Waals surface area contributed by atoms with Crippen LogP contribution in [0.15, 0.2) is 24.3 Å². The average Bonchev–Trinajstić information content (AvgIpc) is 2.60. The maximum atomic E-state index is 5.75. The van der Waals surface area contributed by atoms with Crippen LogP contribution in [0.4, 0.5) is 5.69 Å². The minimum Gasteiger partial charge on any atom is -0.384 e. The molecule has 0 aromatic heterocycles. The van der Waals surface area contributed by atoms with Crippen molar-refractivity contribution in [2.45, 2.75) is 31.6 Å². The zero-order chi connectivity index (χ0) is 10.7. The lowest BCUT2D eigenvalue weighted by molar-refractivity contribution is 0.401. The van der Waals surface area contributed by atoms with E-state index in [0.717, 1.165) is 19.5 Å². The number of fused-ring (bicyclic) bond motifs is 1. The SMILES string of the molecule is CCCC1(CCN)CNc2ccccc21. The highest BCUT2D eigenvalue weighted by molar-refractivity contribution is 5.60. The Kier molecular flexibility index (Phi) is 2.96. The molecule has 1 heterocycles. The number of nitrogens with one attached hydrogen (secondary N) is 1. The molecule has 1 aliphatic rings. The summed E-state index contributed by atoms with van der Waals surface area (Å²) in [6.45, 7) is 4.08. The monoisotopic (exact) mass is 204 g/mol. The van der Waals surface area contributed by atoms with Crippen molar-refractivity contribution in [3.05, 3.63) is 29.8 Å². The summed E-state index contributed by atoms with van der Waals surface area (Å²) >= 11 is 0. The Morgan fingerprint density at radius 1 is 1.33 bits per heavy atom. The predicted molar refractivity (Wildman–Crippen MR) is 65.2 cm³/mol. The van der Waals surface area contributed by atoms with E-state index in [9.17, 15) is 0 Å². The molecule has 2 heteroatoms. The number of hydrogen-bond donors (Lipinski definition) is 2. The second kappa shape index (κ2) is 4.23. The van der Waals surface area contributed by atoms with Gasteiger partial charge in [-0.2, -0.15) is 0 Å². The molecule has 1 aliphatic heterocycles. The summed E-state index contributed by atoms with van der Waals surface area (Å²) in [5.74, 6) is 0. The molecule has 0 saturated carbocycles. The molecule has 82 valence electrons. The fraction of sp³-hybridized carbons (Fsp3) is 0.538. The van der Waals surface area contributed by atoms with Gasteiger partial charge in [0.1, 0.15) is 0 Å². The number of para-hydroxylation sites is 1. The molecule has 3 N–H and O–H groups in total. The number of hydrogen-bond acceptors (Lipinski definition) is 2. The predicted octanol–water partition coefficient (Wildman–Crippen LogP) is 2.50. The van der Waals surface area contributed by atoms with Gasteiger partial charge in [-0.1, -0.05) is 31.5 Å². The zero-order valence-corrected chi connectivity index (χ0v) is 9.42. The first-order valence-corrected chi connectivity index (χ1v) is 5.86. The lowest BCUT2D eigenvalue weighted by Crippen LogP contribution is -2.31. The number of anilines is 1. The van der Waals surface area contributed by atoms with Gasteiger partial charge in [-0.05, 0) is 31.0 Å². The highest BCUT2D eigenvalue weighted by Crippen LogP contribution is 2.42.